The van der Waals surface area contributed by atoms with Crippen molar-refractivity contribution in [3.63, 3.8) is 0 Å². The summed E-state index contributed by atoms with van der Waals surface area (Å²) in [5.74, 6) is 0.475. The number of methoxy groups -OCH3 is 1. The molecule has 158 valence electrons. The van der Waals surface area contributed by atoms with Crippen molar-refractivity contribution in [1.82, 2.24) is 10.2 Å². The van der Waals surface area contributed by atoms with Crippen molar-refractivity contribution < 1.29 is 19.4 Å². The zero-order chi connectivity index (χ0) is 21.2. The summed E-state index contributed by atoms with van der Waals surface area (Å²) in [4.78, 5) is 13.0. The Morgan fingerprint density at radius 3 is 2.31 bits per heavy atom. The fourth-order valence-corrected chi connectivity index (χ4v) is 3.17. The zero-order valence-corrected chi connectivity index (χ0v) is 18.0. The molecule has 1 aliphatic rings. The smallest absolute Gasteiger partial charge is 0.307 e. The first-order chi connectivity index (χ1) is 13.9. The summed E-state index contributed by atoms with van der Waals surface area (Å²) in [7, 11) is 3.79. The van der Waals surface area contributed by atoms with Crippen molar-refractivity contribution in [2.75, 3.05) is 40.3 Å². The lowest BCUT2D eigenvalue weighted by atomic mass is 10.1. The molecule has 0 atom stereocenters. The van der Waals surface area contributed by atoms with Crippen molar-refractivity contribution >= 4 is 17.6 Å². The molecule has 1 fully saturated rings. The van der Waals surface area contributed by atoms with Gasteiger partial charge in [-0.1, -0.05) is 23.7 Å². The monoisotopic (exact) mass is 420 g/mol. The second-order valence-corrected chi connectivity index (χ2v) is 7.39. The van der Waals surface area contributed by atoms with Crippen molar-refractivity contribution in [1.29, 1.82) is 0 Å². The van der Waals surface area contributed by atoms with Crippen molar-refractivity contribution in [2.24, 2.45) is 0 Å². The van der Waals surface area contributed by atoms with E-state index in [9.17, 15) is 4.79 Å². The molecule has 3 rings (SSSR count). The van der Waals surface area contributed by atoms with Crippen LogP contribution in [-0.4, -0.2) is 56.3 Å². The predicted molar refractivity (Wildman–Crippen MR) is 115 cm³/mol. The lowest BCUT2D eigenvalue weighted by Gasteiger charge is -2.21. The lowest BCUT2D eigenvalue weighted by molar-refractivity contribution is -0.136. The first kappa shape index (κ1) is 23.0. The number of halogens is 1. The summed E-state index contributed by atoms with van der Waals surface area (Å²) in [6.45, 7) is 7.09. The molecule has 2 aromatic rings. The lowest BCUT2D eigenvalue weighted by Crippen LogP contribution is -2.40. The maximum absolute atomic E-state index is 10.7. The number of ether oxygens (including phenoxy) is 2. The van der Waals surface area contributed by atoms with E-state index >= 15 is 0 Å². The first-order valence-electron chi connectivity index (χ1n) is 9.55. The third-order valence-corrected chi connectivity index (χ3v) is 4.84. The molecule has 7 heteroatoms. The largest absolute Gasteiger partial charge is 0.496 e. The number of aliphatic carboxylic acids is 1. The molecule has 0 aromatic heterocycles. The highest BCUT2D eigenvalue weighted by atomic mass is 35.5. The number of piperazine rings is 1. The minimum atomic E-state index is -0.890. The Labute approximate surface area is 177 Å². The van der Waals surface area contributed by atoms with Gasteiger partial charge in [0.1, 0.15) is 18.1 Å². The molecule has 2 N–H and O–H groups in total. The first-order valence-corrected chi connectivity index (χ1v) is 9.92. The van der Waals surface area contributed by atoms with E-state index in [0.29, 0.717) is 22.9 Å². The Kier molecular flexibility index (Phi) is 9.25. The quantitative estimate of drug-likeness (QED) is 0.746. The number of carboxylic acid groups (broad SMARTS) is 1. The molecule has 1 heterocycles. The standard InChI is InChI=1S/C17H17ClO4.C5H12N2/c1-11-7-13(4-5-15(11)21-2)10-22-16-6-3-12(8-14(16)18)9-17(19)20;1-7-4-2-6-3-5-7/h3-8H,9-10H2,1-2H3,(H,19,20);6H,2-5H2,1H3. The average Bonchev–Trinajstić information content (AvgIpc) is 2.68. The molecule has 0 unspecified atom stereocenters. The third kappa shape index (κ3) is 7.93. The summed E-state index contributed by atoms with van der Waals surface area (Å²) >= 11 is 6.12. The van der Waals surface area contributed by atoms with E-state index < -0.39 is 5.97 Å². The molecule has 1 aliphatic heterocycles. The van der Waals surface area contributed by atoms with Crippen LogP contribution in [0.25, 0.3) is 0 Å². The molecule has 0 amide bonds. The molecular weight excluding hydrogens is 392 g/mol. The minimum Gasteiger partial charge on any atom is -0.496 e. The van der Waals surface area contributed by atoms with Crippen LogP contribution in [0.3, 0.4) is 0 Å². The molecule has 0 spiro atoms. The van der Waals surface area contributed by atoms with Crippen LogP contribution in [0.2, 0.25) is 5.02 Å². The molecule has 1 saturated heterocycles. The molecule has 0 radical (unpaired) electrons. The maximum atomic E-state index is 10.7. The number of carboxylic acids is 1. The van der Waals surface area contributed by atoms with Gasteiger partial charge in [-0.05, 0) is 54.9 Å². The Balaban J connectivity index is 0.000000360. The van der Waals surface area contributed by atoms with Gasteiger partial charge in [0.15, 0.2) is 0 Å². The summed E-state index contributed by atoms with van der Waals surface area (Å²) in [5, 5.41) is 12.4. The Bertz CT molecular complexity index is 807. The Hall–Kier alpha value is -2.28. The van der Waals surface area contributed by atoms with Crippen LogP contribution in [0.4, 0.5) is 0 Å². The van der Waals surface area contributed by atoms with Gasteiger partial charge >= 0.3 is 5.97 Å². The zero-order valence-electron chi connectivity index (χ0n) is 17.2. The molecular formula is C22H29ClN2O4. The minimum absolute atomic E-state index is 0.0579. The van der Waals surface area contributed by atoms with Gasteiger partial charge < -0.3 is 24.8 Å². The molecule has 6 nitrogen and oxygen atoms in total. The highest BCUT2D eigenvalue weighted by Gasteiger charge is 2.07. The highest BCUT2D eigenvalue weighted by molar-refractivity contribution is 6.32. The van der Waals surface area contributed by atoms with E-state index in [1.165, 1.54) is 13.1 Å². The van der Waals surface area contributed by atoms with Gasteiger partial charge in [-0.2, -0.15) is 0 Å². The molecule has 0 aliphatic carbocycles. The number of nitrogens with one attached hydrogen (secondary N) is 1. The number of carbonyl (C=O) groups is 1. The number of rotatable bonds is 6. The normalized spacial score (nSPS) is 13.9. The molecule has 2 aromatic carbocycles. The van der Waals surface area contributed by atoms with Crippen LogP contribution in [-0.2, 0) is 17.8 Å². The van der Waals surface area contributed by atoms with Crippen molar-refractivity contribution in [3.05, 3.63) is 58.1 Å². The van der Waals surface area contributed by atoms with Gasteiger partial charge in [-0.25, -0.2) is 0 Å². The average molecular weight is 421 g/mol. The van der Waals surface area contributed by atoms with Gasteiger partial charge in [0, 0.05) is 26.2 Å². The van der Waals surface area contributed by atoms with Gasteiger partial charge in [-0.15, -0.1) is 0 Å². The topological polar surface area (TPSA) is 71.0 Å². The van der Waals surface area contributed by atoms with Crippen LogP contribution < -0.4 is 14.8 Å². The number of aryl methyl sites for hydroxylation is 1. The van der Waals surface area contributed by atoms with Crippen LogP contribution in [0.15, 0.2) is 36.4 Å². The predicted octanol–water partition coefficient (Wildman–Crippen LogP) is 3.38. The third-order valence-electron chi connectivity index (χ3n) is 4.55. The fourth-order valence-electron chi connectivity index (χ4n) is 2.91. The number of likely N-dealkylation sites (N-methyl/N-ethyl adjacent to an activating group) is 1. The van der Waals surface area contributed by atoms with Gasteiger partial charge in [0.25, 0.3) is 0 Å². The number of hydrogen-bond acceptors (Lipinski definition) is 5. The van der Waals surface area contributed by atoms with Crippen LogP contribution in [0.5, 0.6) is 11.5 Å². The summed E-state index contributed by atoms with van der Waals surface area (Å²) in [6, 6.07) is 10.8. The van der Waals surface area contributed by atoms with E-state index in [1.54, 1.807) is 25.3 Å². The highest BCUT2D eigenvalue weighted by Crippen LogP contribution is 2.27. The van der Waals surface area contributed by atoms with Crippen molar-refractivity contribution in [3.8, 4) is 11.5 Å². The summed E-state index contributed by atoms with van der Waals surface area (Å²) in [6.07, 6.45) is -0.0579. The van der Waals surface area contributed by atoms with Gasteiger partial charge in [0.05, 0.1) is 18.6 Å². The Morgan fingerprint density at radius 1 is 1.14 bits per heavy atom. The maximum Gasteiger partial charge on any atom is 0.307 e. The van der Waals surface area contributed by atoms with Gasteiger partial charge in [-0.3, -0.25) is 4.79 Å². The second kappa shape index (κ2) is 11.7. The van der Waals surface area contributed by atoms with Crippen LogP contribution in [0.1, 0.15) is 16.7 Å². The SMILES string of the molecule is CN1CCNCC1.COc1ccc(COc2ccc(CC(=O)O)cc2Cl)cc1C. The summed E-state index contributed by atoms with van der Waals surface area (Å²) in [5.41, 5.74) is 2.68. The number of benzene rings is 2. The molecule has 29 heavy (non-hydrogen) atoms. The van der Waals surface area contributed by atoms with Crippen LogP contribution in [0, 0.1) is 6.92 Å². The van der Waals surface area contributed by atoms with E-state index in [2.05, 4.69) is 17.3 Å². The number of nitrogens with zero attached hydrogens (tertiary/aromatic N) is 1. The molecule has 0 saturated carbocycles. The van der Waals surface area contributed by atoms with E-state index in [1.807, 2.05) is 25.1 Å². The second-order valence-electron chi connectivity index (χ2n) is 6.98. The van der Waals surface area contributed by atoms with E-state index in [4.69, 9.17) is 26.2 Å². The van der Waals surface area contributed by atoms with Gasteiger partial charge in [0.2, 0.25) is 0 Å². The number of hydrogen-bond donors (Lipinski definition) is 2. The fraction of sp³-hybridized carbons (Fsp3) is 0.409. The van der Waals surface area contributed by atoms with Crippen molar-refractivity contribution in [2.45, 2.75) is 20.0 Å². The van der Waals surface area contributed by atoms with Crippen LogP contribution >= 0.6 is 11.6 Å². The molecule has 0 bridgehead atoms. The van der Waals surface area contributed by atoms with E-state index in [0.717, 1.165) is 30.0 Å². The summed E-state index contributed by atoms with van der Waals surface area (Å²) < 4.78 is 10.9. The van der Waals surface area contributed by atoms with E-state index in [-0.39, 0.29) is 6.42 Å². The Morgan fingerprint density at radius 2 is 1.79 bits per heavy atom.